The number of hydrogen-bond donors (Lipinski definition) is 0. The lowest BCUT2D eigenvalue weighted by Gasteiger charge is -2.52. The minimum absolute atomic E-state index is 0.113. The molecule has 2 aromatic carbocycles. The van der Waals surface area contributed by atoms with Crippen LogP contribution in [0.15, 0.2) is 47.4 Å². The van der Waals surface area contributed by atoms with Crippen molar-refractivity contribution in [3.8, 4) is 5.75 Å². The van der Waals surface area contributed by atoms with E-state index in [1.165, 1.54) is 23.7 Å². The molecule has 0 N–H and O–H groups in total. The van der Waals surface area contributed by atoms with E-state index >= 15 is 0 Å². The van der Waals surface area contributed by atoms with E-state index in [1.807, 2.05) is 0 Å². The second kappa shape index (κ2) is 10.4. The maximum absolute atomic E-state index is 13.8. The summed E-state index contributed by atoms with van der Waals surface area (Å²) in [6, 6.07) is 8.84. The van der Waals surface area contributed by atoms with Crippen molar-refractivity contribution in [3.63, 3.8) is 0 Å². The number of sulfonamides is 1. The number of hydrogen-bond acceptors (Lipinski definition) is 5. The molecule has 8 nitrogen and oxygen atoms in total. The van der Waals surface area contributed by atoms with Gasteiger partial charge in [0, 0.05) is 30.5 Å². The molecule has 2 saturated heterocycles. The van der Waals surface area contributed by atoms with E-state index in [9.17, 15) is 31.2 Å². The van der Waals surface area contributed by atoms with Crippen molar-refractivity contribution in [3.05, 3.63) is 53.1 Å². The van der Waals surface area contributed by atoms with Gasteiger partial charge in [-0.25, -0.2) is 8.42 Å². The van der Waals surface area contributed by atoms with Gasteiger partial charge in [0.1, 0.15) is 30.7 Å². The summed E-state index contributed by atoms with van der Waals surface area (Å²) in [4.78, 5) is 28.7. The number of rotatable bonds is 6. The van der Waals surface area contributed by atoms with Gasteiger partial charge < -0.3 is 14.5 Å². The van der Waals surface area contributed by atoms with Gasteiger partial charge in [-0.2, -0.15) is 4.31 Å². The molecule has 2 amide bonds. The van der Waals surface area contributed by atoms with Crippen molar-refractivity contribution < 1.29 is 35.9 Å². The van der Waals surface area contributed by atoms with Gasteiger partial charge >= 0.3 is 6.36 Å². The van der Waals surface area contributed by atoms with Crippen LogP contribution < -0.4 is 10.2 Å². The zero-order valence-electron chi connectivity index (χ0n) is 20.9. The van der Waals surface area contributed by atoms with E-state index in [2.05, 4.69) is 4.74 Å². The molecular formula is C24H26BClF3N3O5S. The molecule has 14 heteroatoms. The molecule has 204 valence electrons. The third kappa shape index (κ3) is 5.64. The summed E-state index contributed by atoms with van der Waals surface area (Å²) in [7, 11) is -3.08. The van der Waals surface area contributed by atoms with Crippen LogP contribution in [0.2, 0.25) is 5.02 Å². The van der Waals surface area contributed by atoms with Crippen LogP contribution in [0.4, 0.5) is 13.2 Å². The van der Waals surface area contributed by atoms with Crippen molar-refractivity contribution in [2.75, 3.05) is 13.1 Å². The van der Waals surface area contributed by atoms with Crippen molar-refractivity contribution >= 4 is 46.7 Å². The maximum Gasteiger partial charge on any atom is 0.573 e. The summed E-state index contributed by atoms with van der Waals surface area (Å²) in [5.41, 5.74) is 1.08. The molecule has 0 saturated carbocycles. The lowest BCUT2D eigenvalue weighted by Crippen LogP contribution is -2.72. The third-order valence-electron chi connectivity index (χ3n) is 6.63. The molecule has 2 aliphatic rings. The SMILES string of the molecule is Bc1ccc(S(=O)(=O)N2CCC(=O)N3C(Cc4ccc(Cl)cc4)C(=O)N(C(C)C)CC32)c(OC(F)(F)F)c1. The highest BCUT2D eigenvalue weighted by Gasteiger charge is 2.51. The lowest BCUT2D eigenvalue weighted by atomic mass is 9.96. The predicted octanol–water partition coefficient (Wildman–Crippen LogP) is 1.91. The Balaban J connectivity index is 1.77. The molecule has 2 aromatic rings. The van der Waals surface area contributed by atoms with Crippen LogP contribution in [0.5, 0.6) is 5.75 Å². The molecule has 0 bridgehead atoms. The molecule has 4 rings (SSSR count). The van der Waals surface area contributed by atoms with Gasteiger partial charge in [0.05, 0.1) is 6.54 Å². The van der Waals surface area contributed by atoms with Crippen LogP contribution in [0.25, 0.3) is 0 Å². The second-order valence-corrected chi connectivity index (χ2v) is 11.9. The van der Waals surface area contributed by atoms with Gasteiger partial charge in [0.25, 0.3) is 0 Å². The summed E-state index contributed by atoms with van der Waals surface area (Å²) in [5.74, 6) is -1.60. The number of alkyl halides is 3. The number of carbonyl (C=O) groups excluding carboxylic acids is 2. The summed E-state index contributed by atoms with van der Waals surface area (Å²) in [6.45, 7) is 3.16. The van der Waals surface area contributed by atoms with Crippen LogP contribution >= 0.6 is 11.6 Å². The number of piperazine rings is 1. The van der Waals surface area contributed by atoms with Crippen molar-refractivity contribution in [1.29, 1.82) is 0 Å². The van der Waals surface area contributed by atoms with Crippen LogP contribution in [0.3, 0.4) is 0 Å². The average Bonchev–Trinajstić information content (AvgIpc) is 2.80. The van der Waals surface area contributed by atoms with Crippen molar-refractivity contribution in [2.45, 2.75) is 56.2 Å². The average molecular weight is 572 g/mol. The van der Waals surface area contributed by atoms with Crippen LogP contribution in [-0.2, 0) is 26.0 Å². The van der Waals surface area contributed by atoms with E-state index in [-0.39, 0.29) is 37.9 Å². The minimum atomic E-state index is -5.11. The Hall–Kier alpha value is -2.77. The normalized spacial score (nSPS) is 21.1. The monoisotopic (exact) mass is 571 g/mol. The van der Waals surface area contributed by atoms with Gasteiger partial charge in [-0.05, 0) is 43.7 Å². The Kier molecular flexibility index (Phi) is 7.75. The van der Waals surface area contributed by atoms with E-state index in [4.69, 9.17) is 11.6 Å². The number of ether oxygens (including phenoxy) is 1. The Morgan fingerprint density at radius 1 is 1.13 bits per heavy atom. The smallest absolute Gasteiger partial charge is 0.404 e. The first-order chi connectivity index (χ1) is 17.7. The van der Waals surface area contributed by atoms with Crippen LogP contribution in [0, 0.1) is 0 Å². The maximum atomic E-state index is 13.8. The van der Waals surface area contributed by atoms with E-state index in [0.717, 1.165) is 16.4 Å². The zero-order valence-corrected chi connectivity index (χ0v) is 22.5. The molecule has 38 heavy (non-hydrogen) atoms. The van der Waals surface area contributed by atoms with E-state index < -0.39 is 45.1 Å². The number of amides is 2. The Bertz CT molecular complexity index is 1340. The molecule has 0 aliphatic carbocycles. The fourth-order valence-corrected chi connectivity index (χ4v) is 6.65. The van der Waals surface area contributed by atoms with Crippen LogP contribution in [-0.4, -0.2) is 79.9 Å². The molecule has 0 spiro atoms. The summed E-state index contributed by atoms with van der Waals surface area (Å²) in [6.07, 6.45) is -6.35. The second-order valence-electron chi connectivity index (χ2n) is 9.58. The molecule has 2 fully saturated rings. The molecule has 0 aromatic heterocycles. The number of fused-ring (bicyclic) bond motifs is 1. The van der Waals surface area contributed by atoms with Gasteiger partial charge in [0.15, 0.2) is 0 Å². The first-order valence-electron chi connectivity index (χ1n) is 11.9. The Labute approximate surface area is 224 Å². The van der Waals surface area contributed by atoms with Crippen LogP contribution in [0.1, 0.15) is 25.8 Å². The zero-order chi connectivity index (χ0) is 28.0. The van der Waals surface area contributed by atoms with E-state index in [1.54, 1.807) is 38.1 Å². The highest BCUT2D eigenvalue weighted by Crippen LogP contribution is 2.36. The number of halogens is 4. The number of nitrogens with zero attached hydrogens (tertiary/aromatic N) is 3. The Morgan fingerprint density at radius 3 is 2.39 bits per heavy atom. The van der Waals surface area contributed by atoms with Gasteiger partial charge in [0.2, 0.25) is 21.8 Å². The summed E-state index contributed by atoms with van der Waals surface area (Å²) >= 11 is 5.98. The minimum Gasteiger partial charge on any atom is -0.404 e. The third-order valence-corrected chi connectivity index (χ3v) is 8.82. The standard InChI is InChI=1S/C24H26BClF3N3O5S/c1-14(2)30-13-21-31(38(35,36)20-8-5-16(25)12-19(20)37-24(27,28)29)10-9-22(33)32(21)18(23(30)34)11-15-3-6-17(26)7-4-15/h3-8,12,14,18,21H,9-11,13,25H2,1-2H3. The van der Waals surface area contributed by atoms with E-state index in [0.29, 0.717) is 16.0 Å². The first-order valence-corrected chi connectivity index (χ1v) is 13.7. The molecule has 2 atom stereocenters. The lowest BCUT2D eigenvalue weighted by molar-refractivity contribution is -0.275. The molecule has 2 aliphatic heterocycles. The van der Waals surface area contributed by atoms with Gasteiger partial charge in [-0.15, -0.1) is 13.2 Å². The molecular weight excluding hydrogens is 546 g/mol. The molecule has 0 radical (unpaired) electrons. The fourth-order valence-electron chi connectivity index (χ4n) is 4.86. The quantitative estimate of drug-likeness (QED) is 0.495. The van der Waals surface area contributed by atoms with Gasteiger partial charge in [-0.3, -0.25) is 9.59 Å². The summed E-state index contributed by atoms with van der Waals surface area (Å²) in [5, 5.41) is 0.492. The number of benzene rings is 2. The van der Waals surface area contributed by atoms with Crippen molar-refractivity contribution in [2.24, 2.45) is 0 Å². The highest BCUT2D eigenvalue weighted by molar-refractivity contribution is 7.89. The number of carbonyl (C=O) groups is 2. The topological polar surface area (TPSA) is 87.2 Å². The molecule has 2 heterocycles. The van der Waals surface area contributed by atoms with Gasteiger partial charge in [-0.1, -0.05) is 35.3 Å². The highest BCUT2D eigenvalue weighted by atomic mass is 35.5. The summed E-state index contributed by atoms with van der Waals surface area (Å²) < 4.78 is 72.2. The fraction of sp³-hybridized carbons (Fsp3) is 0.417. The predicted molar refractivity (Wildman–Crippen MR) is 136 cm³/mol. The molecule has 2 unspecified atom stereocenters. The first kappa shape index (κ1) is 28.2. The van der Waals surface area contributed by atoms with Crippen molar-refractivity contribution in [1.82, 2.24) is 14.1 Å². The Morgan fingerprint density at radius 2 is 1.79 bits per heavy atom. The largest absolute Gasteiger partial charge is 0.573 e.